The first-order valence-electron chi connectivity index (χ1n) is 6.08. The molecule has 3 N–H and O–H groups in total. The van der Waals surface area contributed by atoms with Gasteiger partial charge < -0.3 is 10.5 Å². The number of aromatic nitrogens is 2. The van der Waals surface area contributed by atoms with Crippen molar-refractivity contribution in [3.05, 3.63) is 34.7 Å². The predicted octanol–water partition coefficient (Wildman–Crippen LogP) is 3.30. The number of nitrogens with one attached hydrogen (secondary N) is 1. The number of H-pyrrole nitrogens is 1. The van der Waals surface area contributed by atoms with E-state index in [4.69, 9.17) is 22.1 Å². The fourth-order valence-electron chi connectivity index (χ4n) is 2.41. The molecule has 4 nitrogen and oxygen atoms in total. The molecule has 19 heavy (non-hydrogen) atoms. The maximum absolute atomic E-state index is 14.0. The van der Waals surface area contributed by atoms with Gasteiger partial charge >= 0.3 is 0 Å². The average Bonchev–Trinajstić information content (AvgIpc) is 2.99. The molecule has 1 unspecified atom stereocenters. The number of nitrogen functional groups attached to an aromatic ring is 1. The van der Waals surface area contributed by atoms with E-state index in [9.17, 15) is 4.39 Å². The molecule has 1 aliphatic rings. The average molecular weight is 282 g/mol. The Kier molecular flexibility index (Phi) is 3.16. The van der Waals surface area contributed by atoms with Crippen LogP contribution in [-0.4, -0.2) is 16.8 Å². The Labute approximate surface area is 114 Å². The first-order chi connectivity index (χ1) is 9.18. The molecular formula is C13H13ClFN3O. The number of aromatic amines is 1. The van der Waals surface area contributed by atoms with Gasteiger partial charge in [0.05, 0.1) is 22.4 Å². The summed E-state index contributed by atoms with van der Waals surface area (Å²) >= 11 is 6.09. The highest BCUT2D eigenvalue weighted by molar-refractivity contribution is 6.33. The van der Waals surface area contributed by atoms with Crippen LogP contribution in [0.1, 0.15) is 24.6 Å². The number of halogens is 2. The molecule has 0 amide bonds. The Hall–Kier alpha value is -1.59. The van der Waals surface area contributed by atoms with Crippen molar-refractivity contribution in [2.24, 2.45) is 0 Å². The Morgan fingerprint density at radius 2 is 2.26 bits per heavy atom. The Bertz CT molecular complexity index is 588. The van der Waals surface area contributed by atoms with Crippen LogP contribution in [0.5, 0.6) is 0 Å². The summed E-state index contributed by atoms with van der Waals surface area (Å²) in [6.07, 6.45) is 1.70. The molecule has 0 saturated carbocycles. The van der Waals surface area contributed by atoms with E-state index in [1.54, 1.807) is 12.1 Å². The predicted molar refractivity (Wildman–Crippen MR) is 71.3 cm³/mol. The lowest BCUT2D eigenvalue weighted by Crippen LogP contribution is -2.00. The van der Waals surface area contributed by atoms with Gasteiger partial charge in [-0.2, -0.15) is 5.10 Å². The molecule has 0 spiro atoms. The molecule has 6 heteroatoms. The van der Waals surface area contributed by atoms with Crippen molar-refractivity contribution in [3.8, 4) is 11.1 Å². The number of nitrogens with two attached hydrogens (primary N) is 1. The van der Waals surface area contributed by atoms with Crippen LogP contribution >= 0.6 is 11.6 Å². The fraction of sp³-hybridized carbons (Fsp3) is 0.308. The zero-order chi connectivity index (χ0) is 13.4. The summed E-state index contributed by atoms with van der Waals surface area (Å²) in [4.78, 5) is 0. The van der Waals surface area contributed by atoms with Crippen LogP contribution < -0.4 is 5.73 Å². The maximum Gasteiger partial charge on any atom is 0.153 e. The summed E-state index contributed by atoms with van der Waals surface area (Å²) in [6.45, 7) is 0.689. The molecule has 0 radical (unpaired) electrons. The van der Waals surface area contributed by atoms with E-state index < -0.39 is 5.82 Å². The van der Waals surface area contributed by atoms with Crippen molar-refractivity contribution in [1.29, 1.82) is 0 Å². The van der Waals surface area contributed by atoms with Crippen LogP contribution in [0.15, 0.2) is 18.2 Å². The summed E-state index contributed by atoms with van der Waals surface area (Å²) in [5.74, 6) is -0.183. The molecule has 1 aromatic carbocycles. The van der Waals surface area contributed by atoms with Crippen LogP contribution in [0.25, 0.3) is 11.1 Å². The van der Waals surface area contributed by atoms with E-state index in [0.717, 1.165) is 12.8 Å². The van der Waals surface area contributed by atoms with Crippen LogP contribution in [0.4, 0.5) is 10.2 Å². The number of anilines is 1. The summed E-state index contributed by atoms with van der Waals surface area (Å²) < 4.78 is 19.6. The van der Waals surface area contributed by atoms with Gasteiger partial charge in [-0.15, -0.1) is 0 Å². The monoisotopic (exact) mass is 281 g/mol. The number of hydrogen-bond donors (Lipinski definition) is 2. The summed E-state index contributed by atoms with van der Waals surface area (Å²) in [6, 6.07) is 4.54. The minimum atomic E-state index is -0.417. The second-order valence-corrected chi connectivity index (χ2v) is 4.90. The standard InChI is InChI=1S/C13H13ClFN3O/c14-7-3-1-4-8(15)10(7)11-12(17-18-13(11)16)9-5-2-6-19-9/h1,3-4,9H,2,5-6H2,(H3,16,17,18). The molecule has 2 heterocycles. The van der Waals surface area contributed by atoms with Gasteiger partial charge in [0.2, 0.25) is 0 Å². The van der Waals surface area contributed by atoms with E-state index in [1.807, 2.05) is 0 Å². The Morgan fingerprint density at radius 3 is 2.95 bits per heavy atom. The van der Waals surface area contributed by atoms with Crippen LogP contribution in [0.3, 0.4) is 0 Å². The largest absolute Gasteiger partial charge is 0.382 e. The van der Waals surface area contributed by atoms with Gasteiger partial charge in [0.15, 0.2) is 5.82 Å². The SMILES string of the molecule is Nc1n[nH]c(C2CCCO2)c1-c1c(F)cccc1Cl. The normalized spacial score (nSPS) is 18.9. The molecule has 3 rings (SSSR count). The molecule has 1 fully saturated rings. The maximum atomic E-state index is 14.0. The molecule has 1 aromatic heterocycles. The fourth-order valence-corrected chi connectivity index (χ4v) is 2.67. The van der Waals surface area contributed by atoms with Gasteiger partial charge in [-0.25, -0.2) is 4.39 Å². The second-order valence-electron chi connectivity index (χ2n) is 4.50. The minimum Gasteiger partial charge on any atom is -0.382 e. The van der Waals surface area contributed by atoms with Gasteiger partial charge in [0, 0.05) is 12.2 Å². The van der Waals surface area contributed by atoms with E-state index >= 15 is 0 Å². The van der Waals surface area contributed by atoms with E-state index in [2.05, 4.69) is 10.2 Å². The number of benzene rings is 1. The first kappa shape index (κ1) is 12.4. The van der Waals surface area contributed by atoms with Gasteiger partial charge in [-0.1, -0.05) is 17.7 Å². The van der Waals surface area contributed by atoms with Crippen molar-refractivity contribution < 1.29 is 9.13 Å². The molecule has 0 aliphatic carbocycles. The Morgan fingerprint density at radius 1 is 1.42 bits per heavy atom. The van der Waals surface area contributed by atoms with Gasteiger partial charge in [0.1, 0.15) is 5.82 Å². The number of ether oxygens (including phenoxy) is 1. The highest BCUT2D eigenvalue weighted by Gasteiger charge is 2.27. The molecule has 100 valence electrons. The van der Waals surface area contributed by atoms with E-state index in [-0.39, 0.29) is 17.5 Å². The third-order valence-corrected chi connectivity index (χ3v) is 3.60. The number of rotatable bonds is 2. The third kappa shape index (κ3) is 2.09. The second kappa shape index (κ2) is 4.83. The Balaban J connectivity index is 2.16. The van der Waals surface area contributed by atoms with E-state index in [0.29, 0.717) is 22.9 Å². The summed E-state index contributed by atoms with van der Waals surface area (Å²) in [5.41, 5.74) is 7.34. The topological polar surface area (TPSA) is 63.9 Å². The van der Waals surface area contributed by atoms with Crippen molar-refractivity contribution in [2.75, 3.05) is 12.3 Å². The van der Waals surface area contributed by atoms with Crippen molar-refractivity contribution in [1.82, 2.24) is 10.2 Å². The first-order valence-corrected chi connectivity index (χ1v) is 6.46. The highest BCUT2D eigenvalue weighted by Crippen LogP contribution is 2.41. The molecular weight excluding hydrogens is 269 g/mol. The molecule has 1 saturated heterocycles. The highest BCUT2D eigenvalue weighted by atomic mass is 35.5. The van der Waals surface area contributed by atoms with Crippen LogP contribution in [-0.2, 0) is 4.74 Å². The molecule has 2 aromatic rings. The van der Waals surface area contributed by atoms with Crippen molar-refractivity contribution >= 4 is 17.4 Å². The third-order valence-electron chi connectivity index (χ3n) is 3.29. The summed E-state index contributed by atoms with van der Waals surface area (Å²) in [7, 11) is 0. The van der Waals surface area contributed by atoms with Gasteiger partial charge in [-0.3, -0.25) is 5.10 Å². The summed E-state index contributed by atoms with van der Waals surface area (Å²) in [5, 5.41) is 7.12. The van der Waals surface area contributed by atoms with Crippen LogP contribution in [0.2, 0.25) is 5.02 Å². The van der Waals surface area contributed by atoms with Crippen LogP contribution in [0, 0.1) is 5.82 Å². The lowest BCUT2D eigenvalue weighted by molar-refractivity contribution is 0.109. The smallest absolute Gasteiger partial charge is 0.153 e. The van der Waals surface area contributed by atoms with Gasteiger partial charge in [0.25, 0.3) is 0 Å². The number of hydrogen-bond acceptors (Lipinski definition) is 3. The van der Waals surface area contributed by atoms with Crippen molar-refractivity contribution in [3.63, 3.8) is 0 Å². The molecule has 0 bridgehead atoms. The lowest BCUT2D eigenvalue weighted by atomic mass is 10.0. The lowest BCUT2D eigenvalue weighted by Gasteiger charge is -2.12. The minimum absolute atomic E-state index is 0.129. The number of nitrogens with zero attached hydrogens (tertiary/aromatic N) is 1. The molecule has 1 atom stereocenters. The zero-order valence-corrected chi connectivity index (χ0v) is 10.9. The van der Waals surface area contributed by atoms with Gasteiger partial charge in [-0.05, 0) is 25.0 Å². The quantitative estimate of drug-likeness (QED) is 0.888. The van der Waals surface area contributed by atoms with E-state index in [1.165, 1.54) is 6.07 Å². The zero-order valence-electron chi connectivity index (χ0n) is 10.1. The molecule has 1 aliphatic heterocycles. The van der Waals surface area contributed by atoms with Crippen molar-refractivity contribution in [2.45, 2.75) is 18.9 Å².